The third-order valence-corrected chi connectivity index (χ3v) is 6.95. The van der Waals surface area contributed by atoms with Crippen LogP contribution in [0.15, 0.2) is 30.3 Å². The summed E-state index contributed by atoms with van der Waals surface area (Å²) in [5.74, 6) is 0.841. The van der Waals surface area contributed by atoms with Gasteiger partial charge < -0.3 is 14.5 Å². The van der Waals surface area contributed by atoms with Gasteiger partial charge in [-0.25, -0.2) is 0 Å². The molecule has 150 valence electrons. The van der Waals surface area contributed by atoms with Crippen LogP contribution >= 0.6 is 0 Å². The van der Waals surface area contributed by atoms with E-state index in [0.29, 0.717) is 26.3 Å². The van der Waals surface area contributed by atoms with E-state index in [-0.39, 0.29) is 23.7 Å². The summed E-state index contributed by atoms with van der Waals surface area (Å²) in [5.41, 5.74) is 0.807. The average Bonchev–Trinajstić information content (AvgIpc) is 3.39. The molecule has 3 saturated heterocycles. The van der Waals surface area contributed by atoms with Crippen molar-refractivity contribution < 1.29 is 14.3 Å². The van der Waals surface area contributed by atoms with Gasteiger partial charge in [0.25, 0.3) is 0 Å². The molecule has 0 bridgehead atoms. The maximum Gasteiger partial charge on any atom is 0.233 e. The van der Waals surface area contributed by atoms with Crippen molar-refractivity contribution in [2.24, 2.45) is 17.3 Å². The van der Waals surface area contributed by atoms with Gasteiger partial charge >= 0.3 is 0 Å². The summed E-state index contributed by atoms with van der Waals surface area (Å²) >= 11 is 0. The smallest absolute Gasteiger partial charge is 0.233 e. The number of hydrogen-bond acceptors (Lipinski definition) is 4. The summed E-state index contributed by atoms with van der Waals surface area (Å²) in [5, 5.41) is 0. The molecule has 5 rings (SSSR count). The SMILES string of the molecule is O=C(C1CC1)N1C[C@@H]2COC[C@]2(C(=O)N2CCN(Cc3ccccc3)CC2)C1. The predicted molar refractivity (Wildman–Crippen MR) is 104 cm³/mol. The molecule has 3 heterocycles. The monoisotopic (exact) mass is 383 g/mol. The normalized spacial score (nSPS) is 30.5. The van der Waals surface area contributed by atoms with Crippen LogP contribution in [0.4, 0.5) is 0 Å². The number of fused-ring (bicyclic) bond motifs is 1. The number of ether oxygens (including phenoxy) is 1. The van der Waals surface area contributed by atoms with Crippen molar-refractivity contribution in [3.8, 4) is 0 Å². The van der Waals surface area contributed by atoms with E-state index in [2.05, 4.69) is 29.2 Å². The van der Waals surface area contributed by atoms with E-state index in [4.69, 9.17) is 4.74 Å². The highest BCUT2D eigenvalue weighted by atomic mass is 16.5. The minimum atomic E-state index is -0.508. The summed E-state index contributed by atoms with van der Waals surface area (Å²) in [7, 11) is 0. The van der Waals surface area contributed by atoms with Gasteiger partial charge in [-0.1, -0.05) is 30.3 Å². The molecule has 2 amide bonds. The zero-order chi connectivity index (χ0) is 19.1. The van der Waals surface area contributed by atoms with E-state index in [1.807, 2.05) is 15.9 Å². The zero-order valence-corrected chi connectivity index (χ0v) is 16.4. The second-order valence-electron chi connectivity index (χ2n) is 8.92. The second kappa shape index (κ2) is 7.16. The molecule has 0 spiro atoms. The molecule has 6 heteroatoms. The fourth-order valence-electron chi connectivity index (χ4n) is 5.06. The lowest BCUT2D eigenvalue weighted by molar-refractivity contribution is -0.145. The fourth-order valence-corrected chi connectivity index (χ4v) is 5.06. The van der Waals surface area contributed by atoms with Crippen molar-refractivity contribution in [2.45, 2.75) is 19.4 Å². The van der Waals surface area contributed by atoms with Gasteiger partial charge in [-0.05, 0) is 18.4 Å². The number of likely N-dealkylation sites (tertiary alicyclic amines) is 1. The standard InChI is InChI=1S/C22H29N3O3/c26-20(18-6-7-18)25-13-19-14-28-16-22(19,15-25)21(27)24-10-8-23(9-11-24)12-17-4-2-1-3-5-17/h1-5,18-19H,6-16H2/t19-,22-/m1/s1. The Balaban J connectivity index is 1.22. The molecular weight excluding hydrogens is 354 g/mol. The predicted octanol–water partition coefficient (Wildman–Crippen LogP) is 1.22. The second-order valence-corrected chi connectivity index (χ2v) is 8.92. The number of amides is 2. The van der Waals surface area contributed by atoms with Crippen molar-refractivity contribution in [1.82, 2.24) is 14.7 Å². The van der Waals surface area contributed by atoms with E-state index in [9.17, 15) is 9.59 Å². The molecule has 1 aliphatic carbocycles. The number of nitrogens with zero attached hydrogens (tertiary/aromatic N) is 3. The summed E-state index contributed by atoms with van der Waals surface area (Å²) in [6.45, 7) is 6.56. The summed E-state index contributed by atoms with van der Waals surface area (Å²) in [6, 6.07) is 10.5. The van der Waals surface area contributed by atoms with Crippen LogP contribution in [0.25, 0.3) is 0 Å². The third-order valence-electron chi connectivity index (χ3n) is 6.95. The van der Waals surface area contributed by atoms with Crippen molar-refractivity contribution in [3.05, 3.63) is 35.9 Å². The van der Waals surface area contributed by atoms with Gasteiger partial charge in [0.05, 0.1) is 18.6 Å². The van der Waals surface area contributed by atoms with Gasteiger partial charge in [0.2, 0.25) is 11.8 Å². The zero-order valence-electron chi connectivity index (χ0n) is 16.4. The Morgan fingerprint density at radius 3 is 2.50 bits per heavy atom. The molecule has 1 aromatic rings. The quantitative estimate of drug-likeness (QED) is 0.785. The van der Waals surface area contributed by atoms with E-state index in [1.54, 1.807) is 0 Å². The first kappa shape index (κ1) is 18.1. The van der Waals surface area contributed by atoms with Gasteiger partial charge in [-0.3, -0.25) is 14.5 Å². The molecule has 0 N–H and O–H groups in total. The van der Waals surface area contributed by atoms with Crippen LogP contribution in [0.2, 0.25) is 0 Å². The Morgan fingerprint density at radius 2 is 1.79 bits per heavy atom. The topological polar surface area (TPSA) is 53.1 Å². The Hall–Kier alpha value is -1.92. The number of rotatable bonds is 4. The molecule has 4 aliphatic rings. The van der Waals surface area contributed by atoms with Crippen LogP contribution in [0.3, 0.4) is 0 Å². The Bertz CT molecular complexity index is 743. The summed E-state index contributed by atoms with van der Waals surface area (Å²) < 4.78 is 5.74. The van der Waals surface area contributed by atoms with E-state index in [0.717, 1.165) is 45.6 Å². The van der Waals surface area contributed by atoms with Crippen LogP contribution in [-0.4, -0.2) is 79.0 Å². The van der Waals surface area contributed by atoms with Crippen LogP contribution in [0.1, 0.15) is 18.4 Å². The van der Waals surface area contributed by atoms with Crippen LogP contribution in [-0.2, 0) is 20.9 Å². The van der Waals surface area contributed by atoms with Crippen LogP contribution in [0, 0.1) is 17.3 Å². The molecule has 0 radical (unpaired) electrons. The van der Waals surface area contributed by atoms with Crippen molar-refractivity contribution in [2.75, 3.05) is 52.5 Å². The van der Waals surface area contributed by atoms with Crippen LogP contribution < -0.4 is 0 Å². The molecule has 1 saturated carbocycles. The van der Waals surface area contributed by atoms with Gasteiger partial charge in [0.15, 0.2) is 0 Å². The molecule has 1 aromatic carbocycles. The Kier molecular flexibility index (Phi) is 4.63. The molecule has 4 fully saturated rings. The maximum atomic E-state index is 13.5. The molecule has 2 atom stereocenters. The maximum absolute atomic E-state index is 13.5. The lowest BCUT2D eigenvalue weighted by Crippen LogP contribution is -2.55. The molecular formula is C22H29N3O3. The average molecular weight is 383 g/mol. The fraction of sp³-hybridized carbons (Fsp3) is 0.636. The number of piperazine rings is 1. The van der Waals surface area contributed by atoms with Crippen LogP contribution in [0.5, 0.6) is 0 Å². The Labute approximate surface area is 166 Å². The first-order valence-corrected chi connectivity index (χ1v) is 10.6. The lowest BCUT2D eigenvalue weighted by atomic mass is 9.79. The highest BCUT2D eigenvalue weighted by Gasteiger charge is 2.58. The largest absolute Gasteiger partial charge is 0.380 e. The minimum absolute atomic E-state index is 0.157. The van der Waals surface area contributed by atoms with Gasteiger partial charge in [-0.15, -0.1) is 0 Å². The van der Waals surface area contributed by atoms with E-state index < -0.39 is 5.41 Å². The number of hydrogen-bond donors (Lipinski definition) is 0. The lowest BCUT2D eigenvalue weighted by Gasteiger charge is -2.39. The highest BCUT2D eigenvalue weighted by Crippen LogP contribution is 2.44. The van der Waals surface area contributed by atoms with Crippen molar-refractivity contribution in [1.29, 1.82) is 0 Å². The molecule has 3 aliphatic heterocycles. The molecule has 0 aromatic heterocycles. The van der Waals surface area contributed by atoms with Gasteiger partial charge in [-0.2, -0.15) is 0 Å². The first-order chi connectivity index (χ1) is 13.7. The third kappa shape index (κ3) is 3.22. The van der Waals surface area contributed by atoms with Gasteiger partial charge in [0.1, 0.15) is 0 Å². The van der Waals surface area contributed by atoms with Crippen molar-refractivity contribution >= 4 is 11.8 Å². The van der Waals surface area contributed by atoms with Gasteiger partial charge in [0, 0.05) is 57.6 Å². The molecule has 28 heavy (non-hydrogen) atoms. The van der Waals surface area contributed by atoms with E-state index >= 15 is 0 Å². The highest BCUT2D eigenvalue weighted by molar-refractivity contribution is 5.87. The van der Waals surface area contributed by atoms with Crippen molar-refractivity contribution in [3.63, 3.8) is 0 Å². The molecule has 0 unspecified atom stereocenters. The number of carbonyl (C=O) groups excluding carboxylic acids is 2. The summed E-state index contributed by atoms with van der Waals surface area (Å²) in [6.07, 6.45) is 2.03. The number of carbonyl (C=O) groups is 2. The Morgan fingerprint density at radius 1 is 1.04 bits per heavy atom. The number of benzene rings is 1. The summed E-state index contributed by atoms with van der Waals surface area (Å²) in [4.78, 5) is 32.5. The molecule has 6 nitrogen and oxygen atoms in total. The first-order valence-electron chi connectivity index (χ1n) is 10.6. The van der Waals surface area contributed by atoms with E-state index in [1.165, 1.54) is 5.56 Å². The minimum Gasteiger partial charge on any atom is -0.380 e.